The molecule has 2 amide bonds. The Balaban J connectivity index is 1.65. The van der Waals surface area contributed by atoms with Crippen molar-refractivity contribution in [2.45, 2.75) is 45.7 Å². The number of carbonyl (C=O) groups is 2. The molecule has 2 aromatic rings. The quantitative estimate of drug-likeness (QED) is 0.547. The Labute approximate surface area is 194 Å². The van der Waals surface area contributed by atoms with Gasteiger partial charge in [-0.15, -0.1) is 0 Å². The zero-order valence-electron chi connectivity index (χ0n) is 19.1. The second-order valence-electron chi connectivity index (χ2n) is 8.63. The van der Waals surface area contributed by atoms with Gasteiger partial charge in [0.05, 0.1) is 18.7 Å². The molecule has 0 aliphatic heterocycles. The molecule has 6 nitrogen and oxygen atoms in total. The molecule has 1 saturated carbocycles. The van der Waals surface area contributed by atoms with E-state index in [-0.39, 0.29) is 11.8 Å². The minimum atomic E-state index is -0.186. The topological polar surface area (TPSA) is 67.9 Å². The van der Waals surface area contributed by atoms with Crippen molar-refractivity contribution < 1.29 is 19.1 Å². The predicted octanol–water partition coefficient (Wildman–Crippen LogP) is 4.94. The van der Waals surface area contributed by atoms with Crippen LogP contribution in [0.1, 0.15) is 59.4 Å². The van der Waals surface area contributed by atoms with Crippen LogP contribution in [0.3, 0.4) is 0 Å². The summed E-state index contributed by atoms with van der Waals surface area (Å²) in [5.74, 6) is 1.16. The van der Waals surface area contributed by atoms with E-state index in [1.165, 1.54) is 7.11 Å². The van der Waals surface area contributed by atoms with Crippen LogP contribution in [0.5, 0.6) is 11.5 Å². The molecule has 172 valence electrons. The first-order valence-corrected chi connectivity index (χ1v) is 11.3. The highest BCUT2D eigenvalue weighted by atomic mass is 35.5. The SMILES string of the molecule is COc1cc(C(=O)N(C)Cc2ccc(C(=O)NC3CC3)cc2)cc(Cl)c1OCCC(C)C. The summed E-state index contributed by atoms with van der Waals surface area (Å²) in [7, 11) is 3.25. The van der Waals surface area contributed by atoms with Gasteiger partial charge in [0.1, 0.15) is 0 Å². The molecule has 1 fully saturated rings. The van der Waals surface area contributed by atoms with E-state index >= 15 is 0 Å². The third-order valence-electron chi connectivity index (χ3n) is 5.31. The average Bonchev–Trinajstić information content (AvgIpc) is 3.58. The minimum Gasteiger partial charge on any atom is -0.493 e. The summed E-state index contributed by atoms with van der Waals surface area (Å²) >= 11 is 6.41. The highest BCUT2D eigenvalue weighted by Gasteiger charge is 2.24. The second kappa shape index (κ2) is 10.7. The molecule has 1 aliphatic carbocycles. The maximum Gasteiger partial charge on any atom is 0.254 e. The monoisotopic (exact) mass is 458 g/mol. The van der Waals surface area contributed by atoms with E-state index in [0.29, 0.717) is 52.8 Å². The van der Waals surface area contributed by atoms with Crippen molar-refractivity contribution in [3.05, 3.63) is 58.1 Å². The van der Waals surface area contributed by atoms with Crippen LogP contribution in [-0.4, -0.2) is 43.5 Å². The molecule has 0 aromatic heterocycles. The van der Waals surface area contributed by atoms with Crippen LogP contribution in [0.25, 0.3) is 0 Å². The van der Waals surface area contributed by atoms with Crippen LogP contribution in [0.4, 0.5) is 0 Å². The molecule has 0 saturated heterocycles. The number of nitrogens with zero attached hydrogens (tertiary/aromatic N) is 1. The van der Waals surface area contributed by atoms with E-state index < -0.39 is 0 Å². The van der Waals surface area contributed by atoms with Gasteiger partial charge in [-0.2, -0.15) is 0 Å². The van der Waals surface area contributed by atoms with E-state index in [0.717, 1.165) is 24.8 Å². The van der Waals surface area contributed by atoms with Gasteiger partial charge in [0.2, 0.25) is 0 Å². The van der Waals surface area contributed by atoms with Gasteiger partial charge >= 0.3 is 0 Å². The Morgan fingerprint density at radius 2 is 1.84 bits per heavy atom. The summed E-state index contributed by atoms with van der Waals surface area (Å²) in [4.78, 5) is 26.7. The third-order valence-corrected chi connectivity index (χ3v) is 5.59. The molecule has 3 rings (SSSR count). The summed E-state index contributed by atoms with van der Waals surface area (Å²) in [5.41, 5.74) is 1.97. The van der Waals surface area contributed by atoms with Crippen molar-refractivity contribution in [1.82, 2.24) is 10.2 Å². The van der Waals surface area contributed by atoms with Gasteiger partial charge in [-0.25, -0.2) is 0 Å². The molecule has 1 N–H and O–H groups in total. The number of hydrogen-bond donors (Lipinski definition) is 1. The van der Waals surface area contributed by atoms with Crippen molar-refractivity contribution >= 4 is 23.4 Å². The molecular formula is C25H31ClN2O4. The molecule has 0 bridgehead atoms. The molecular weight excluding hydrogens is 428 g/mol. The zero-order chi connectivity index (χ0) is 23.3. The normalized spacial score (nSPS) is 13.1. The van der Waals surface area contributed by atoms with E-state index in [1.54, 1.807) is 36.2 Å². The summed E-state index contributed by atoms with van der Waals surface area (Å²) in [6.07, 6.45) is 3.00. The predicted molar refractivity (Wildman–Crippen MR) is 126 cm³/mol. The molecule has 0 spiro atoms. The molecule has 0 radical (unpaired) electrons. The Bertz CT molecular complexity index is 955. The van der Waals surface area contributed by atoms with Gasteiger partial charge in [0, 0.05) is 30.8 Å². The number of halogens is 1. The summed E-state index contributed by atoms with van der Waals surface area (Å²) in [6.45, 7) is 5.16. The van der Waals surface area contributed by atoms with Crippen LogP contribution >= 0.6 is 11.6 Å². The van der Waals surface area contributed by atoms with Crippen molar-refractivity contribution in [2.24, 2.45) is 5.92 Å². The van der Waals surface area contributed by atoms with E-state index in [2.05, 4.69) is 19.2 Å². The number of rotatable bonds is 10. The molecule has 1 aliphatic rings. The molecule has 0 atom stereocenters. The lowest BCUT2D eigenvalue weighted by Gasteiger charge is -2.19. The van der Waals surface area contributed by atoms with Crippen LogP contribution in [0, 0.1) is 5.92 Å². The first-order valence-electron chi connectivity index (χ1n) is 10.9. The van der Waals surface area contributed by atoms with Crippen LogP contribution < -0.4 is 14.8 Å². The van der Waals surface area contributed by atoms with Gasteiger partial charge in [0.25, 0.3) is 11.8 Å². The zero-order valence-corrected chi connectivity index (χ0v) is 19.9. The average molecular weight is 459 g/mol. The fourth-order valence-electron chi connectivity index (χ4n) is 3.20. The van der Waals surface area contributed by atoms with Crippen LogP contribution in [0.2, 0.25) is 5.02 Å². The minimum absolute atomic E-state index is 0.0547. The standard InChI is InChI=1S/C25H31ClN2O4/c1-16(2)11-12-32-23-21(26)13-19(14-22(23)31-4)25(30)28(3)15-17-5-7-18(8-6-17)24(29)27-20-9-10-20/h5-8,13-14,16,20H,9-12,15H2,1-4H3,(H,27,29). The number of methoxy groups -OCH3 is 1. The van der Waals surface area contributed by atoms with Gasteiger partial charge in [-0.1, -0.05) is 37.6 Å². The largest absolute Gasteiger partial charge is 0.493 e. The van der Waals surface area contributed by atoms with Crippen LogP contribution in [0.15, 0.2) is 36.4 Å². The highest BCUT2D eigenvalue weighted by Crippen LogP contribution is 2.37. The van der Waals surface area contributed by atoms with Gasteiger partial charge in [0.15, 0.2) is 11.5 Å². The van der Waals surface area contributed by atoms with Gasteiger partial charge in [-0.05, 0) is 55.0 Å². The maximum atomic E-state index is 13.0. The first kappa shape index (κ1) is 23.9. The van der Waals surface area contributed by atoms with Gasteiger partial charge in [-0.3, -0.25) is 9.59 Å². The number of hydrogen-bond acceptors (Lipinski definition) is 4. The Morgan fingerprint density at radius 3 is 2.44 bits per heavy atom. The van der Waals surface area contributed by atoms with E-state index in [4.69, 9.17) is 21.1 Å². The lowest BCUT2D eigenvalue weighted by molar-refractivity contribution is 0.0784. The first-order chi connectivity index (χ1) is 15.3. The molecule has 0 heterocycles. The number of carbonyl (C=O) groups excluding carboxylic acids is 2. The fraction of sp³-hybridized carbons (Fsp3) is 0.440. The Morgan fingerprint density at radius 1 is 1.16 bits per heavy atom. The molecule has 0 unspecified atom stereocenters. The van der Waals surface area contributed by atoms with Crippen LogP contribution in [-0.2, 0) is 6.54 Å². The van der Waals surface area contributed by atoms with Gasteiger partial charge < -0.3 is 19.7 Å². The van der Waals surface area contributed by atoms with Crippen molar-refractivity contribution in [3.63, 3.8) is 0 Å². The maximum absolute atomic E-state index is 13.0. The summed E-state index contributed by atoms with van der Waals surface area (Å²) in [5, 5.41) is 3.31. The molecule has 7 heteroatoms. The number of amides is 2. The Hall–Kier alpha value is -2.73. The number of ether oxygens (including phenoxy) is 2. The third kappa shape index (κ3) is 6.39. The lowest BCUT2D eigenvalue weighted by Crippen LogP contribution is -2.27. The summed E-state index contributed by atoms with van der Waals surface area (Å²) in [6, 6.07) is 10.9. The highest BCUT2D eigenvalue weighted by molar-refractivity contribution is 6.32. The lowest BCUT2D eigenvalue weighted by atomic mass is 10.1. The summed E-state index contributed by atoms with van der Waals surface area (Å²) < 4.78 is 11.2. The van der Waals surface area contributed by atoms with E-state index in [9.17, 15) is 9.59 Å². The molecule has 2 aromatic carbocycles. The fourth-order valence-corrected chi connectivity index (χ4v) is 3.47. The Kier molecular flexibility index (Phi) is 8.02. The number of nitrogens with one attached hydrogen (secondary N) is 1. The molecule has 32 heavy (non-hydrogen) atoms. The van der Waals surface area contributed by atoms with Crippen molar-refractivity contribution in [2.75, 3.05) is 20.8 Å². The van der Waals surface area contributed by atoms with Crippen molar-refractivity contribution in [3.8, 4) is 11.5 Å². The van der Waals surface area contributed by atoms with E-state index in [1.807, 2.05) is 12.1 Å². The number of benzene rings is 2. The van der Waals surface area contributed by atoms with Crippen molar-refractivity contribution in [1.29, 1.82) is 0 Å². The smallest absolute Gasteiger partial charge is 0.254 e. The second-order valence-corrected chi connectivity index (χ2v) is 9.03.